The minimum atomic E-state index is -0.425. The molecule has 0 aromatic carbocycles. The molecule has 0 bridgehead atoms. The summed E-state index contributed by atoms with van der Waals surface area (Å²) in [5.74, 6) is -2.71. The molecule has 0 aromatic rings. The SMILES string of the molecule is O=C1OC(=O)[C@@H]2CC3C[C@H]4C(=O)OC(=O)[C@H]4CC3C[C@H]12. The monoisotopic (exact) mass is 278 g/mol. The lowest BCUT2D eigenvalue weighted by molar-refractivity contribution is -0.155. The second-order valence-electron chi connectivity index (χ2n) is 6.37. The highest BCUT2D eigenvalue weighted by molar-refractivity contribution is 5.97. The molecular weight excluding hydrogens is 264 g/mol. The zero-order chi connectivity index (χ0) is 14.0. The lowest BCUT2D eigenvalue weighted by Crippen LogP contribution is -2.41. The van der Waals surface area contributed by atoms with Gasteiger partial charge in [-0.2, -0.15) is 0 Å². The molecule has 2 saturated heterocycles. The fourth-order valence-electron chi connectivity index (χ4n) is 4.47. The van der Waals surface area contributed by atoms with Gasteiger partial charge in [-0.1, -0.05) is 0 Å². The summed E-state index contributed by atoms with van der Waals surface area (Å²) >= 11 is 0. The van der Waals surface area contributed by atoms with Gasteiger partial charge in [-0.05, 0) is 37.5 Å². The molecule has 4 atom stereocenters. The Morgan fingerprint density at radius 3 is 1.05 bits per heavy atom. The van der Waals surface area contributed by atoms with Gasteiger partial charge >= 0.3 is 23.9 Å². The van der Waals surface area contributed by atoms with Gasteiger partial charge in [0.15, 0.2) is 0 Å². The van der Waals surface area contributed by atoms with Crippen molar-refractivity contribution in [3.05, 3.63) is 0 Å². The molecule has 2 saturated carbocycles. The highest BCUT2D eigenvalue weighted by Crippen LogP contribution is 2.52. The fraction of sp³-hybridized carbons (Fsp3) is 0.714. The minimum absolute atomic E-state index is 0.203. The third-order valence-electron chi connectivity index (χ3n) is 5.48. The van der Waals surface area contributed by atoms with E-state index in [0.29, 0.717) is 25.7 Å². The van der Waals surface area contributed by atoms with Gasteiger partial charge in [0.05, 0.1) is 23.7 Å². The first-order valence-electron chi connectivity index (χ1n) is 7.05. The molecule has 0 unspecified atom stereocenters. The van der Waals surface area contributed by atoms with Crippen molar-refractivity contribution in [2.75, 3.05) is 0 Å². The molecule has 0 radical (unpaired) electrons. The molecule has 4 rings (SSSR count). The largest absolute Gasteiger partial charge is 0.393 e. The van der Waals surface area contributed by atoms with Crippen molar-refractivity contribution < 1.29 is 28.7 Å². The molecule has 0 spiro atoms. The number of hydrogen-bond donors (Lipinski definition) is 0. The van der Waals surface area contributed by atoms with E-state index in [1.165, 1.54) is 0 Å². The van der Waals surface area contributed by atoms with E-state index < -0.39 is 23.9 Å². The number of fused-ring (bicyclic) bond motifs is 3. The van der Waals surface area contributed by atoms with Crippen LogP contribution < -0.4 is 0 Å². The van der Waals surface area contributed by atoms with E-state index in [4.69, 9.17) is 9.47 Å². The highest BCUT2D eigenvalue weighted by Gasteiger charge is 2.56. The maximum Gasteiger partial charge on any atom is 0.317 e. The number of hydrogen-bond acceptors (Lipinski definition) is 6. The van der Waals surface area contributed by atoms with Gasteiger partial charge in [-0.25, -0.2) is 0 Å². The van der Waals surface area contributed by atoms with Crippen LogP contribution in [0.25, 0.3) is 0 Å². The number of rotatable bonds is 0. The zero-order valence-electron chi connectivity index (χ0n) is 10.7. The average molecular weight is 278 g/mol. The highest BCUT2D eigenvalue weighted by atomic mass is 16.6. The first-order chi connectivity index (χ1) is 9.54. The molecule has 2 aliphatic heterocycles. The van der Waals surface area contributed by atoms with Gasteiger partial charge in [0, 0.05) is 0 Å². The van der Waals surface area contributed by atoms with E-state index >= 15 is 0 Å². The zero-order valence-corrected chi connectivity index (χ0v) is 10.7. The van der Waals surface area contributed by atoms with Gasteiger partial charge in [-0.3, -0.25) is 19.2 Å². The van der Waals surface area contributed by atoms with Crippen molar-refractivity contribution in [3.8, 4) is 0 Å². The molecule has 0 N–H and O–H groups in total. The number of esters is 4. The van der Waals surface area contributed by atoms with Crippen LogP contribution in [0.2, 0.25) is 0 Å². The van der Waals surface area contributed by atoms with Crippen molar-refractivity contribution in [2.24, 2.45) is 35.5 Å². The van der Waals surface area contributed by atoms with Crippen LogP contribution >= 0.6 is 0 Å². The first kappa shape index (κ1) is 12.1. The van der Waals surface area contributed by atoms with E-state index in [1.54, 1.807) is 0 Å². The Kier molecular flexibility index (Phi) is 2.35. The Bertz CT molecular complexity index is 446. The van der Waals surface area contributed by atoms with Crippen LogP contribution in [0.15, 0.2) is 0 Å². The summed E-state index contributed by atoms with van der Waals surface area (Å²) in [5, 5.41) is 0. The van der Waals surface area contributed by atoms with Gasteiger partial charge in [0.2, 0.25) is 0 Å². The van der Waals surface area contributed by atoms with E-state index in [1.807, 2.05) is 0 Å². The third-order valence-corrected chi connectivity index (χ3v) is 5.48. The molecular formula is C14H14O6. The van der Waals surface area contributed by atoms with Crippen molar-refractivity contribution in [1.29, 1.82) is 0 Å². The van der Waals surface area contributed by atoms with Crippen LogP contribution in [-0.2, 0) is 28.7 Å². The molecule has 0 aromatic heterocycles. The first-order valence-corrected chi connectivity index (χ1v) is 7.05. The maximum absolute atomic E-state index is 11.6. The van der Waals surface area contributed by atoms with Crippen LogP contribution in [0.4, 0.5) is 0 Å². The number of carbonyl (C=O) groups excluding carboxylic acids is 4. The molecule has 4 aliphatic rings. The molecule has 2 aliphatic carbocycles. The summed E-state index contributed by atoms with van der Waals surface area (Å²) in [6.45, 7) is 0. The van der Waals surface area contributed by atoms with Crippen molar-refractivity contribution in [2.45, 2.75) is 25.7 Å². The molecule has 106 valence electrons. The molecule has 2 heterocycles. The lowest BCUT2D eigenvalue weighted by atomic mass is 9.59. The quantitative estimate of drug-likeness (QED) is 0.472. The van der Waals surface area contributed by atoms with Crippen molar-refractivity contribution in [1.82, 2.24) is 0 Å². The molecule has 4 fully saturated rings. The maximum atomic E-state index is 11.6. The van der Waals surface area contributed by atoms with E-state index in [9.17, 15) is 19.2 Å². The second kappa shape index (κ2) is 3.90. The summed E-state index contributed by atoms with van der Waals surface area (Å²) in [6.07, 6.45) is 2.35. The van der Waals surface area contributed by atoms with Crippen LogP contribution in [0, 0.1) is 35.5 Å². The van der Waals surface area contributed by atoms with Crippen molar-refractivity contribution in [3.63, 3.8) is 0 Å². The lowest BCUT2D eigenvalue weighted by Gasteiger charge is -2.41. The number of carbonyl (C=O) groups is 4. The van der Waals surface area contributed by atoms with Gasteiger partial charge in [-0.15, -0.1) is 0 Å². The van der Waals surface area contributed by atoms with Crippen LogP contribution in [0.5, 0.6) is 0 Å². The summed E-state index contributed by atoms with van der Waals surface area (Å²) in [4.78, 5) is 46.6. The summed E-state index contributed by atoms with van der Waals surface area (Å²) < 4.78 is 9.43. The third kappa shape index (κ3) is 1.50. The van der Waals surface area contributed by atoms with Crippen molar-refractivity contribution >= 4 is 23.9 Å². The molecule has 6 heteroatoms. The Morgan fingerprint density at radius 1 is 0.550 bits per heavy atom. The van der Waals surface area contributed by atoms with Crippen LogP contribution in [0.3, 0.4) is 0 Å². The fourth-order valence-corrected chi connectivity index (χ4v) is 4.47. The molecule has 6 nitrogen and oxygen atoms in total. The summed E-state index contributed by atoms with van der Waals surface area (Å²) in [6, 6.07) is 0. The molecule has 0 amide bonds. The average Bonchev–Trinajstić information content (AvgIpc) is 2.84. The Morgan fingerprint density at radius 2 is 0.800 bits per heavy atom. The normalized spacial score (nSPS) is 46.4. The summed E-state index contributed by atoms with van der Waals surface area (Å²) in [5.41, 5.74) is 0. The van der Waals surface area contributed by atoms with Gasteiger partial charge in [0.25, 0.3) is 0 Å². The predicted molar refractivity (Wildman–Crippen MR) is 61.6 cm³/mol. The molecule has 20 heavy (non-hydrogen) atoms. The Balaban J connectivity index is 1.59. The van der Waals surface area contributed by atoms with Gasteiger partial charge in [0.1, 0.15) is 0 Å². The Hall–Kier alpha value is -1.72. The number of ether oxygens (including phenoxy) is 2. The van der Waals surface area contributed by atoms with Gasteiger partial charge < -0.3 is 9.47 Å². The Labute approximate surface area is 114 Å². The topological polar surface area (TPSA) is 86.7 Å². The van der Waals surface area contributed by atoms with E-state index in [0.717, 1.165) is 0 Å². The van der Waals surface area contributed by atoms with E-state index in [2.05, 4.69) is 0 Å². The standard InChI is InChI=1S/C14H14O6/c15-11-7-1-5-2-9-10(14(18)20-13(9)17)4-6(5)3-8(7)12(16)19-11/h5-10H,1-4H2/t5?,6?,7-,8+,9-,10+. The smallest absolute Gasteiger partial charge is 0.317 e. The summed E-state index contributed by atoms with van der Waals surface area (Å²) in [7, 11) is 0. The second-order valence-corrected chi connectivity index (χ2v) is 6.37. The van der Waals surface area contributed by atoms with Crippen LogP contribution in [0.1, 0.15) is 25.7 Å². The minimum Gasteiger partial charge on any atom is -0.393 e. The van der Waals surface area contributed by atoms with Crippen LogP contribution in [-0.4, -0.2) is 23.9 Å². The number of cyclic esters (lactones) is 4. The predicted octanol–water partition coefficient (Wildman–Crippen LogP) is 0.438. The van der Waals surface area contributed by atoms with E-state index in [-0.39, 0.29) is 35.5 Å².